The summed E-state index contributed by atoms with van der Waals surface area (Å²) in [6.45, 7) is 4.08. The van der Waals surface area contributed by atoms with Crippen LogP contribution in [0.4, 0.5) is 8.78 Å². The second-order valence-corrected chi connectivity index (χ2v) is 4.49. The Morgan fingerprint density at radius 3 is 2.67 bits per heavy atom. The van der Waals surface area contributed by atoms with Crippen molar-refractivity contribution in [3.05, 3.63) is 29.6 Å². The van der Waals surface area contributed by atoms with Gasteiger partial charge < -0.3 is 0 Å². The molecule has 0 fully saturated rings. The van der Waals surface area contributed by atoms with E-state index in [0.717, 1.165) is 18.5 Å². The maximum Gasteiger partial charge on any atom is 0.300 e. The predicted octanol–water partition coefficient (Wildman–Crippen LogP) is 3.91. The van der Waals surface area contributed by atoms with Crippen LogP contribution >= 0.6 is 9.24 Å². The first-order valence-corrected chi connectivity index (χ1v) is 5.67. The molecule has 2 unspecified atom stereocenters. The van der Waals surface area contributed by atoms with Gasteiger partial charge in [0.2, 0.25) is 0 Å². The zero-order chi connectivity index (χ0) is 11.5. The zero-order valence-electron chi connectivity index (χ0n) is 9.00. The Hall–Kier alpha value is -0.560. The first kappa shape index (κ1) is 12.5. The molecule has 4 heteroatoms. The van der Waals surface area contributed by atoms with Gasteiger partial charge in [0.1, 0.15) is 5.69 Å². The molecule has 0 bridgehead atoms. The molecular weight excluding hydrogens is 215 g/mol. The summed E-state index contributed by atoms with van der Waals surface area (Å²) in [4.78, 5) is 3.99. The fraction of sp³-hybridized carbons (Fsp3) is 0.545. The lowest BCUT2D eigenvalue weighted by Gasteiger charge is -2.14. The van der Waals surface area contributed by atoms with Crippen molar-refractivity contribution in [2.24, 2.45) is 0 Å². The lowest BCUT2D eigenvalue weighted by molar-refractivity contribution is 0.0983. The van der Waals surface area contributed by atoms with Crippen molar-refractivity contribution in [2.75, 3.05) is 0 Å². The minimum absolute atomic E-state index is 0.173. The summed E-state index contributed by atoms with van der Waals surface area (Å²) in [5.41, 5.74) is -2.36. The minimum atomic E-state index is -2.93. The molecule has 0 N–H and O–H groups in total. The molecule has 0 saturated heterocycles. The first-order chi connectivity index (χ1) is 6.95. The maximum absolute atomic E-state index is 13.0. The van der Waals surface area contributed by atoms with E-state index in [1.165, 1.54) is 15.3 Å². The fourth-order valence-corrected chi connectivity index (χ4v) is 1.65. The van der Waals surface area contributed by atoms with E-state index in [1.54, 1.807) is 12.1 Å². The lowest BCUT2D eigenvalue weighted by Crippen LogP contribution is -2.08. The van der Waals surface area contributed by atoms with Crippen molar-refractivity contribution >= 4 is 9.24 Å². The summed E-state index contributed by atoms with van der Waals surface area (Å²) in [5.74, 6) is 0.238. The molecule has 0 aliphatic rings. The average Bonchev–Trinajstić information content (AvgIpc) is 2.17. The van der Waals surface area contributed by atoms with Crippen LogP contribution in [0.5, 0.6) is 0 Å². The highest BCUT2D eigenvalue weighted by atomic mass is 31.0. The second-order valence-electron chi connectivity index (χ2n) is 3.76. The van der Waals surface area contributed by atoms with Gasteiger partial charge in [0.15, 0.2) is 0 Å². The third-order valence-corrected chi connectivity index (χ3v) is 2.63. The van der Waals surface area contributed by atoms with Crippen LogP contribution in [0, 0.1) is 0 Å². The van der Waals surface area contributed by atoms with Crippen LogP contribution in [0.1, 0.15) is 44.0 Å². The summed E-state index contributed by atoms with van der Waals surface area (Å²) in [6, 6.07) is 4.80. The monoisotopic (exact) mass is 231 g/mol. The summed E-state index contributed by atoms with van der Waals surface area (Å²) in [7, 11) is 1.52. The predicted molar refractivity (Wildman–Crippen MR) is 61.2 cm³/mol. The van der Waals surface area contributed by atoms with Gasteiger partial charge in [0.05, 0.1) is 0 Å². The van der Waals surface area contributed by atoms with Gasteiger partial charge in [-0.15, -0.1) is 0 Å². The molecule has 2 atom stereocenters. The van der Waals surface area contributed by atoms with E-state index < -0.39 is 5.66 Å². The minimum Gasteiger partial charge on any atom is -0.251 e. The van der Waals surface area contributed by atoms with Crippen molar-refractivity contribution in [3.8, 4) is 0 Å². The molecule has 0 aliphatic carbocycles. The van der Waals surface area contributed by atoms with Gasteiger partial charge in [-0.3, -0.25) is 4.98 Å². The largest absolute Gasteiger partial charge is 0.300 e. The Bertz CT molecular complexity index is 323. The maximum atomic E-state index is 13.0. The topological polar surface area (TPSA) is 12.9 Å². The average molecular weight is 231 g/mol. The molecule has 0 aromatic carbocycles. The molecule has 1 heterocycles. The van der Waals surface area contributed by atoms with Gasteiger partial charge in [-0.1, -0.05) is 35.6 Å². The van der Waals surface area contributed by atoms with Gasteiger partial charge in [0, 0.05) is 5.69 Å². The van der Waals surface area contributed by atoms with E-state index in [-0.39, 0.29) is 11.6 Å². The molecule has 15 heavy (non-hydrogen) atoms. The third kappa shape index (κ3) is 3.49. The Morgan fingerprint density at radius 2 is 2.13 bits per heavy atom. The van der Waals surface area contributed by atoms with Crippen LogP contribution in [-0.2, 0) is 5.66 Å². The Balaban J connectivity index is 2.92. The molecule has 84 valence electrons. The molecular formula is C11H16F2NP. The number of hydrogen-bond donors (Lipinski definition) is 0. The molecule has 0 amide bonds. The van der Waals surface area contributed by atoms with Crippen LogP contribution < -0.4 is 0 Å². The number of rotatable bonds is 4. The van der Waals surface area contributed by atoms with E-state index in [0.29, 0.717) is 0 Å². The summed E-state index contributed by atoms with van der Waals surface area (Å²) in [5, 5.41) is 0. The summed E-state index contributed by atoms with van der Waals surface area (Å²) in [6.07, 6.45) is 2.00. The third-order valence-electron chi connectivity index (χ3n) is 2.34. The Morgan fingerprint density at radius 1 is 1.47 bits per heavy atom. The van der Waals surface area contributed by atoms with E-state index in [4.69, 9.17) is 0 Å². The normalized spacial score (nSPS) is 13.9. The molecule has 1 nitrogen and oxygen atoms in total. The van der Waals surface area contributed by atoms with Crippen LogP contribution in [-0.4, -0.2) is 4.98 Å². The number of alkyl halides is 2. The van der Waals surface area contributed by atoms with Gasteiger partial charge in [-0.2, -0.15) is 8.78 Å². The fourth-order valence-electron chi connectivity index (χ4n) is 1.49. The van der Waals surface area contributed by atoms with Crippen molar-refractivity contribution in [3.63, 3.8) is 0 Å². The number of hydrogen-bond acceptors (Lipinski definition) is 1. The first-order valence-electron chi connectivity index (χ1n) is 5.09. The lowest BCUT2D eigenvalue weighted by atomic mass is 10.0. The molecule has 0 spiro atoms. The van der Waals surface area contributed by atoms with E-state index in [2.05, 4.69) is 11.9 Å². The number of halogens is 2. The quantitative estimate of drug-likeness (QED) is 0.716. The standard InChI is InChI=1S/C11H16F2NP/c1-3-5-8(2)9-6-4-7-10(14-9)11(12,13)15/h4,6-8H,3,5,15H2,1-2H3. The van der Waals surface area contributed by atoms with Crippen molar-refractivity contribution in [1.82, 2.24) is 4.98 Å². The molecule has 1 rings (SSSR count). The van der Waals surface area contributed by atoms with Gasteiger partial charge in [0.25, 0.3) is 5.66 Å². The second kappa shape index (κ2) is 4.98. The van der Waals surface area contributed by atoms with Crippen LogP contribution in [0.3, 0.4) is 0 Å². The SMILES string of the molecule is CCCC(C)c1cccc(C(F)(F)P)n1. The van der Waals surface area contributed by atoms with E-state index in [1.807, 2.05) is 6.92 Å². The number of aromatic nitrogens is 1. The smallest absolute Gasteiger partial charge is 0.251 e. The Labute approximate surface area is 91.5 Å². The Kier molecular flexibility index (Phi) is 4.15. The van der Waals surface area contributed by atoms with Crippen molar-refractivity contribution < 1.29 is 8.78 Å². The summed E-state index contributed by atoms with van der Waals surface area (Å²) < 4.78 is 26.0. The van der Waals surface area contributed by atoms with Gasteiger partial charge >= 0.3 is 0 Å². The van der Waals surface area contributed by atoms with Crippen LogP contribution in [0.25, 0.3) is 0 Å². The van der Waals surface area contributed by atoms with Gasteiger partial charge in [-0.05, 0) is 24.5 Å². The van der Waals surface area contributed by atoms with E-state index in [9.17, 15) is 8.78 Å². The van der Waals surface area contributed by atoms with E-state index >= 15 is 0 Å². The van der Waals surface area contributed by atoms with Crippen LogP contribution in [0.2, 0.25) is 0 Å². The van der Waals surface area contributed by atoms with Crippen LogP contribution in [0.15, 0.2) is 18.2 Å². The number of nitrogens with zero attached hydrogens (tertiary/aromatic N) is 1. The zero-order valence-corrected chi connectivity index (χ0v) is 10.2. The van der Waals surface area contributed by atoms with Crippen molar-refractivity contribution in [1.29, 1.82) is 0 Å². The molecule has 0 saturated carbocycles. The summed E-state index contributed by atoms with van der Waals surface area (Å²) >= 11 is 0. The molecule has 1 aromatic rings. The molecule has 0 aliphatic heterocycles. The highest BCUT2D eigenvalue weighted by Gasteiger charge is 2.26. The molecule has 0 radical (unpaired) electrons. The molecule has 1 aromatic heterocycles. The van der Waals surface area contributed by atoms with Crippen molar-refractivity contribution in [2.45, 2.75) is 38.3 Å². The van der Waals surface area contributed by atoms with Gasteiger partial charge in [-0.25, -0.2) is 0 Å². The highest BCUT2D eigenvalue weighted by molar-refractivity contribution is 7.17. The number of pyridine rings is 1. The highest BCUT2D eigenvalue weighted by Crippen LogP contribution is 2.34.